The molecular weight excluding hydrogens is 472 g/mol. The van der Waals surface area contributed by atoms with Crippen molar-refractivity contribution in [2.75, 3.05) is 19.5 Å². The van der Waals surface area contributed by atoms with Crippen LogP contribution in [0.3, 0.4) is 0 Å². The minimum Gasteiger partial charge on any atom is -0.462 e. The lowest BCUT2D eigenvalue weighted by Crippen LogP contribution is -2.14. The van der Waals surface area contributed by atoms with Crippen molar-refractivity contribution in [1.82, 2.24) is 0 Å². The summed E-state index contributed by atoms with van der Waals surface area (Å²) in [5, 5.41) is -0.278. The van der Waals surface area contributed by atoms with Gasteiger partial charge < -0.3 is 13.7 Å². The Balaban J connectivity index is 2.56. The van der Waals surface area contributed by atoms with Crippen LogP contribution >= 0.6 is 11.6 Å². The van der Waals surface area contributed by atoms with Gasteiger partial charge in [-0.1, -0.05) is 11.6 Å². The van der Waals surface area contributed by atoms with E-state index in [-0.39, 0.29) is 34.3 Å². The second-order valence-corrected chi connectivity index (χ2v) is 10.0. The highest BCUT2D eigenvalue weighted by Crippen LogP contribution is 2.29. The minimum absolute atomic E-state index is 0.0465. The van der Waals surface area contributed by atoms with E-state index in [1.165, 1.54) is 6.07 Å². The summed E-state index contributed by atoms with van der Waals surface area (Å²) in [4.78, 5) is 23.3. The molecule has 2 rings (SSSR count). The zero-order valence-corrected chi connectivity index (χ0v) is 19.1. The van der Waals surface area contributed by atoms with Gasteiger partial charge >= 0.3 is 22.1 Å². The van der Waals surface area contributed by atoms with Gasteiger partial charge in [0.15, 0.2) is 9.84 Å². The fraction of sp³-hybridized carbons (Fsp3) is 0.263. The highest BCUT2D eigenvalue weighted by molar-refractivity contribution is 7.90. The number of benzene rings is 2. The van der Waals surface area contributed by atoms with Crippen molar-refractivity contribution in [3.63, 3.8) is 0 Å². The largest absolute Gasteiger partial charge is 0.462 e. The number of esters is 2. The highest BCUT2D eigenvalue weighted by Gasteiger charge is 2.25. The lowest BCUT2D eigenvalue weighted by Gasteiger charge is -2.12. The maximum Gasteiger partial charge on any atom is 0.340 e. The summed E-state index contributed by atoms with van der Waals surface area (Å²) in [5.41, 5.74) is -0.290. The zero-order chi connectivity index (χ0) is 23.4. The van der Waals surface area contributed by atoms with Gasteiger partial charge in [0, 0.05) is 6.26 Å². The molecule has 168 valence electrons. The summed E-state index contributed by atoms with van der Waals surface area (Å²) >= 11 is 5.94. The van der Waals surface area contributed by atoms with E-state index >= 15 is 0 Å². The van der Waals surface area contributed by atoms with Crippen molar-refractivity contribution in [1.29, 1.82) is 0 Å². The predicted molar refractivity (Wildman–Crippen MR) is 111 cm³/mol. The maximum absolute atomic E-state index is 12.8. The summed E-state index contributed by atoms with van der Waals surface area (Å²) in [6.45, 7) is 3.24. The van der Waals surface area contributed by atoms with E-state index in [1.807, 2.05) is 0 Å². The van der Waals surface area contributed by atoms with E-state index in [0.29, 0.717) is 0 Å². The third kappa shape index (κ3) is 6.18. The van der Waals surface area contributed by atoms with Crippen LogP contribution in [0, 0.1) is 0 Å². The van der Waals surface area contributed by atoms with Crippen LogP contribution in [0.4, 0.5) is 0 Å². The van der Waals surface area contributed by atoms with Crippen molar-refractivity contribution in [2.45, 2.75) is 23.6 Å². The molecule has 0 bridgehead atoms. The number of hydrogen-bond acceptors (Lipinski definition) is 9. The number of hydrogen-bond donors (Lipinski definition) is 0. The zero-order valence-electron chi connectivity index (χ0n) is 16.7. The standard InChI is InChI=1S/C19H19ClO9S2/c1-4-27-18(21)12-8-13(19(22)28-5-2)10-14(9-12)29-31(25,26)17-11-15(30(3,23)24)6-7-16(17)20/h6-11H,4-5H2,1-3H3. The molecule has 0 saturated heterocycles. The van der Waals surface area contributed by atoms with Crippen LogP contribution in [0.5, 0.6) is 5.75 Å². The van der Waals surface area contributed by atoms with E-state index in [1.54, 1.807) is 13.8 Å². The first-order valence-corrected chi connectivity index (χ1v) is 12.5. The first-order valence-electron chi connectivity index (χ1n) is 8.82. The number of ether oxygens (including phenoxy) is 2. The Morgan fingerprint density at radius 2 is 1.39 bits per heavy atom. The monoisotopic (exact) mass is 490 g/mol. The Kier molecular flexibility index (Phi) is 7.68. The third-order valence-corrected chi connectivity index (χ3v) is 6.58. The van der Waals surface area contributed by atoms with Gasteiger partial charge in [-0.05, 0) is 50.2 Å². The fourth-order valence-electron chi connectivity index (χ4n) is 2.39. The van der Waals surface area contributed by atoms with Gasteiger partial charge in [-0.15, -0.1) is 0 Å². The van der Waals surface area contributed by atoms with E-state index in [0.717, 1.165) is 36.6 Å². The van der Waals surface area contributed by atoms with E-state index in [2.05, 4.69) is 0 Å². The molecule has 0 aliphatic heterocycles. The summed E-state index contributed by atoms with van der Waals surface area (Å²) in [6.07, 6.45) is 0.905. The molecule has 2 aromatic rings. The molecule has 12 heteroatoms. The van der Waals surface area contributed by atoms with E-state index in [4.69, 9.17) is 25.3 Å². The molecule has 0 heterocycles. The molecule has 0 atom stereocenters. The Morgan fingerprint density at radius 3 is 1.84 bits per heavy atom. The number of sulfone groups is 1. The van der Waals surface area contributed by atoms with Crippen LogP contribution in [0.15, 0.2) is 46.2 Å². The summed E-state index contributed by atoms with van der Waals surface area (Å²) in [5.74, 6) is -2.02. The van der Waals surface area contributed by atoms with Crippen LogP contribution in [0.1, 0.15) is 34.6 Å². The van der Waals surface area contributed by atoms with Crippen LogP contribution < -0.4 is 4.18 Å². The molecule has 0 aliphatic rings. The van der Waals surface area contributed by atoms with Crippen LogP contribution in [-0.4, -0.2) is 48.2 Å². The van der Waals surface area contributed by atoms with Gasteiger partial charge in [-0.3, -0.25) is 0 Å². The highest BCUT2D eigenvalue weighted by atomic mass is 35.5. The average molecular weight is 491 g/mol. The fourth-order valence-corrected chi connectivity index (χ4v) is 4.53. The average Bonchev–Trinajstić information content (AvgIpc) is 2.67. The first kappa shape index (κ1) is 24.6. The quantitative estimate of drug-likeness (QED) is 0.404. The van der Waals surface area contributed by atoms with Gasteiger partial charge in [-0.2, -0.15) is 8.42 Å². The number of carbonyl (C=O) groups excluding carboxylic acids is 2. The van der Waals surface area contributed by atoms with Crippen LogP contribution in [0.25, 0.3) is 0 Å². The SMILES string of the molecule is CCOC(=O)c1cc(OS(=O)(=O)c2cc(S(C)(=O)=O)ccc2Cl)cc(C(=O)OCC)c1. The Hall–Kier alpha value is -2.63. The third-order valence-electron chi connectivity index (χ3n) is 3.73. The predicted octanol–water partition coefficient (Wildman–Crippen LogP) is 2.86. The molecule has 0 aromatic heterocycles. The van der Waals surface area contributed by atoms with Gasteiger partial charge in [0.25, 0.3) is 0 Å². The molecule has 0 N–H and O–H groups in total. The van der Waals surface area contributed by atoms with Crippen LogP contribution in [-0.2, 0) is 29.4 Å². The van der Waals surface area contributed by atoms with E-state index < -0.39 is 42.5 Å². The second-order valence-electron chi connectivity index (χ2n) is 6.09. The minimum atomic E-state index is -4.64. The normalized spacial score (nSPS) is 11.6. The summed E-state index contributed by atoms with van der Waals surface area (Å²) in [7, 11) is -8.36. The maximum atomic E-state index is 12.8. The smallest absolute Gasteiger partial charge is 0.340 e. The topological polar surface area (TPSA) is 130 Å². The molecular formula is C19H19ClO9S2. The number of carbonyl (C=O) groups is 2. The van der Waals surface area contributed by atoms with Gasteiger partial charge in [-0.25, -0.2) is 18.0 Å². The number of halogens is 1. The van der Waals surface area contributed by atoms with Gasteiger partial charge in [0.1, 0.15) is 10.6 Å². The molecule has 0 radical (unpaired) electrons. The molecule has 0 spiro atoms. The van der Waals surface area contributed by atoms with Crippen molar-refractivity contribution < 1.29 is 40.1 Å². The summed E-state index contributed by atoms with van der Waals surface area (Å²) < 4.78 is 63.9. The molecule has 0 unspecified atom stereocenters. The Labute approximate surface area is 184 Å². The van der Waals surface area contributed by atoms with Crippen molar-refractivity contribution in [3.05, 3.63) is 52.5 Å². The van der Waals surface area contributed by atoms with Crippen molar-refractivity contribution in [2.24, 2.45) is 0 Å². The molecule has 0 saturated carbocycles. The van der Waals surface area contributed by atoms with E-state index in [9.17, 15) is 26.4 Å². The van der Waals surface area contributed by atoms with Gasteiger partial charge in [0.05, 0.1) is 34.3 Å². The molecule has 2 aromatic carbocycles. The number of rotatable bonds is 8. The first-order chi connectivity index (χ1) is 14.4. The van der Waals surface area contributed by atoms with Crippen molar-refractivity contribution in [3.8, 4) is 5.75 Å². The lowest BCUT2D eigenvalue weighted by molar-refractivity contribution is 0.0524. The van der Waals surface area contributed by atoms with Crippen molar-refractivity contribution >= 4 is 43.5 Å². The second kappa shape index (κ2) is 9.67. The molecule has 0 fully saturated rings. The molecule has 31 heavy (non-hydrogen) atoms. The van der Waals surface area contributed by atoms with Crippen LogP contribution in [0.2, 0.25) is 5.02 Å². The summed E-state index contributed by atoms with van der Waals surface area (Å²) in [6, 6.07) is 6.41. The molecule has 0 aliphatic carbocycles. The Morgan fingerprint density at radius 1 is 0.871 bits per heavy atom. The van der Waals surface area contributed by atoms with Gasteiger partial charge in [0.2, 0.25) is 0 Å². The lowest BCUT2D eigenvalue weighted by atomic mass is 10.1. The Bertz CT molecular complexity index is 1180. The molecule has 0 amide bonds. The molecule has 9 nitrogen and oxygen atoms in total.